The van der Waals surface area contributed by atoms with Gasteiger partial charge >= 0.3 is 11.8 Å². The Bertz CT molecular complexity index is 797. The van der Waals surface area contributed by atoms with Gasteiger partial charge in [-0.2, -0.15) is 4.39 Å². The summed E-state index contributed by atoms with van der Waals surface area (Å²) < 4.78 is 18.7. The lowest BCUT2D eigenvalue weighted by Crippen LogP contribution is -2.24. The molecule has 0 saturated carbocycles. The van der Waals surface area contributed by atoms with Crippen molar-refractivity contribution in [2.24, 2.45) is 0 Å². The van der Waals surface area contributed by atoms with E-state index in [9.17, 15) is 19.3 Å². The van der Waals surface area contributed by atoms with E-state index in [0.29, 0.717) is 0 Å². The lowest BCUT2D eigenvalue weighted by atomic mass is 10.2. The molecule has 0 aliphatic rings. The molecule has 1 N–H and O–H groups in total. The van der Waals surface area contributed by atoms with Gasteiger partial charge in [0.1, 0.15) is 6.61 Å². The molecular formula is C17H13FN2O4. The van der Waals surface area contributed by atoms with Crippen LogP contribution in [0.25, 0.3) is 0 Å². The summed E-state index contributed by atoms with van der Waals surface area (Å²) in [6.07, 6.45) is -0.660. The number of nitro benzene ring substituents is 1. The highest BCUT2D eigenvalue weighted by molar-refractivity contribution is 5.67. The molecule has 0 aromatic heterocycles. The van der Waals surface area contributed by atoms with Crippen LogP contribution >= 0.6 is 0 Å². The van der Waals surface area contributed by atoms with E-state index in [1.54, 1.807) is 0 Å². The molecule has 0 saturated heterocycles. The number of nitrogens with zero attached hydrogens (tertiary/aromatic N) is 1. The second-order valence-electron chi connectivity index (χ2n) is 4.61. The van der Waals surface area contributed by atoms with Gasteiger partial charge in [0.15, 0.2) is 0 Å². The van der Waals surface area contributed by atoms with Gasteiger partial charge in [-0.25, -0.2) is 4.79 Å². The SMILES string of the molecule is O=C(NCC#Cc1cccc([N+](=O)[O-])c1F)OCc1ccccc1. The second kappa shape index (κ2) is 8.29. The summed E-state index contributed by atoms with van der Waals surface area (Å²) in [5.41, 5.74) is 0.0954. The predicted octanol–water partition coefficient (Wildman–Crippen LogP) is 3.01. The van der Waals surface area contributed by atoms with Gasteiger partial charge in [0, 0.05) is 6.07 Å². The van der Waals surface area contributed by atoms with Crippen LogP contribution in [-0.4, -0.2) is 17.6 Å². The van der Waals surface area contributed by atoms with E-state index in [-0.39, 0.29) is 18.7 Å². The van der Waals surface area contributed by atoms with Crippen LogP contribution in [-0.2, 0) is 11.3 Å². The molecule has 0 atom stereocenters. The minimum Gasteiger partial charge on any atom is -0.445 e. The Balaban J connectivity index is 1.84. The number of halogens is 1. The Hall–Kier alpha value is -3.40. The molecular weight excluding hydrogens is 315 g/mol. The summed E-state index contributed by atoms with van der Waals surface area (Å²) in [4.78, 5) is 21.3. The number of nitrogens with one attached hydrogen (secondary N) is 1. The van der Waals surface area contributed by atoms with Gasteiger partial charge in [-0.3, -0.25) is 10.1 Å². The molecule has 0 aliphatic heterocycles. The second-order valence-corrected chi connectivity index (χ2v) is 4.61. The minimum atomic E-state index is -0.998. The van der Waals surface area contributed by atoms with Gasteiger partial charge in [-0.15, -0.1) is 0 Å². The molecule has 6 nitrogen and oxygen atoms in total. The number of rotatable bonds is 4. The molecule has 0 bridgehead atoms. The number of ether oxygens (including phenoxy) is 1. The smallest absolute Gasteiger partial charge is 0.408 e. The van der Waals surface area contributed by atoms with E-state index in [0.717, 1.165) is 11.6 Å². The monoisotopic (exact) mass is 328 g/mol. The van der Waals surface area contributed by atoms with Crippen molar-refractivity contribution in [3.8, 4) is 11.8 Å². The van der Waals surface area contributed by atoms with Crippen LogP contribution in [0.3, 0.4) is 0 Å². The van der Waals surface area contributed by atoms with Crippen molar-refractivity contribution in [3.63, 3.8) is 0 Å². The fourth-order valence-electron chi connectivity index (χ4n) is 1.79. The maximum Gasteiger partial charge on any atom is 0.408 e. The van der Waals surface area contributed by atoms with Crippen molar-refractivity contribution in [3.05, 3.63) is 75.6 Å². The Kier molecular flexibility index (Phi) is 5.86. The van der Waals surface area contributed by atoms with E-state index in [4.69, 9.17) is 4.74 Å². The third kappa shape index (κ3) is 4.81. The highest BCUT2D eigenvalue weighted by Crippen LogP contribution is 2.19. The number of hydrogen-bond donors (Lipinski definition) is 1. The van der Waals surface area contributed by atoms with Gasteiger partial charge in [-0.05, 0) is 11.6 Å². The van der Waals surface area contributed by atoms with Gasteiger partial charge in [0.05, 0.1) is 17.0 Å². The molecule has 7 heteroatoms. The van der Waals surface area contributed by atoms with Gasteiger partial charge in [0.25, 0.3) is 0 Å². The van der Waals surface area contributed by atoms with E-state index in [1.807, 2.05) is 30.3 Å². The molecule has 122 valence electrons. The largest absolute Gasteiger partial charge is 0.445 e. The highest BCUT2D eigenvalue weighted by atomic mass is 19.1. The maximum absolute atomic E-state index is 13.8. The number of nitro groups is 1. The van der Waals surface area contributed by atoms with E-state index in [1.165, 1.54) is 12.1 Å². The Morgan fingerprint density at radius 1 is 1.21 bits per heavy atom. The van der Waals surface area contributed by atoms with Crippen molar-refractivity contribution in [1.29, 1.82) is 0 Å². The zero-order valence-corrected chi connectivity index (χ0v) is 12.5. The first-order valence-corrected chi connectivity index (χ1v) is 6.94. The van der Waals surface area contributed by atoms with Crippen LogP contribution in [0, 0.1) is 27.8 Å². The molecule has 2 aromatic rings. The normalized spacial score (nSPS) is 9.54. The topological polar surface area (TPSA) is 81.5 Å². The van der Waals surface area contributed by atoms with Crippen LogP contribution in [0.5, 0.6) is 0 Å². The zero-order valence-electron chi connectivity index (χ0n) is 12.5. The number of amides is 1. The molecule has 0 fully saturated rings. The summed E-state index contributed by atoms with van der Waals surface area (Å²) in [5, 5.41) is 13.0. The first kappa shape index (κ1) is 17.0. The molecule has 1 amide bonds. The zero-order chi connectivity index (χ0) is 17.4. The number of hydrogen-bond acceptors (Lipinski definition) is 4. The third-order valence-electron chi connectivity index (χ3n) is 2.93. The number of carbonyl (C=O) groups is 1. The Labute approximate surface area is 137 Å². The van der Waals surface area contributed by atoms with Crippen molar-refractivity contribution in [2.45, 2.75) is 6.61 Å². The first-order chi connectivity index (χ1) is 11.6. The maximum atomic E-state index is 13.8. The molecule has 0 spiro atoms. The van der Waals surface area contributed by atoms with E-state index < -0.39 is 22.5 Å². The number of carbonyl (C=O) groups excluding carboxylic acids is 1. The lowest BCUT2D eigenvalue weighted by molar-refractivity contribution is -0.387. The highest BCUT2D eigenvalue weighted by Gasteiger charge is 2.15. The standard InChI is InChI=1S/C17H13FN2O4/c18-16-14(8-4-10-15(16)20(22)23)9-5-11-19-17(21)24-12-13-6-2-1-3-7-13/h1-4,6-8,10H,11-12H2,(H,19,21). The van der Waals surface area contributed by atoms with Crippen LogP contribution in [0.4, 0.5) is 14.9 Å². The first-order valence-electron chi connectivity index (χ1n) is 6.94. The van der Waals surface area contributed by atoms with Crippen molar-refractivity contribution in [1.82, 2.24) is 5.32 Å². The van der Waals surface area contributed by atoms with E-state index >= 15 is 0 Å². The van der Waals surface area contributed by atoms with Crippen molar-refractivity contribution >= 4 is 11.8 Å². The molecule has 2 rings (SSSR count). The quantitative estimate of drug-likeness (QED) is 0.531. The molecule has 24 heavy (non-hydrogen) atoms. The van der Waals surface area contributed by atoms with Crippen LogP contribution < -0.4 is 5.32 Å². The molecule has 0 unspecified atom stereocenters. The molecule has 0 heterocycles. The summed E-state index contributed by atoms with van der Waals surface area (Å²) in [6, 6.07) is 12.9. The molecule has 2 aromatic carbocycles. The van der Waals surface area contributed by atoms with Gasteiger partial charge in [-0.1, -0.05) is 48.2 Å². The third-order valence-corrected chi connectivity index (χ3v) is 2.93. The fourth-order valence-corrected chi connectivity index (χ4v) is 1.79. The van der Waals surface area contributed by atoms with Crippen molar-refractivity contribution in [2.75, 3.05) is 6.54 Å². The summed E-state index contributed by atoms with van der Waals surface area (Å²) >= 11 is 0. The van der Waals surface area contributed by atoms with Crippen LogP contribution in [0.2, 0.25) is 0 Å². The average molecular weight is 328 g/mol. The van der Waals surface area contributed by atoms with Crippen LogP contribution in [0.15, 0.2) is 48.5 Å². The Morgan fingerprint density at radius 2 is 1.96 bits per heavy atom. The fraction of sp³-hybridized carbons (Fsp3) is 0.118. The summed E-state index contributed by atoms with van der Waals surface area (Å²) in [6.45, 7) is 0.0510. The average Bonchev–Trinajstić information content (AvgIpc) is 2.58. The molecule has 0 radical (unpaired) electrons. The minimum absolute atomic E-state index is 0.0737. The number of alkyl carbamates (subject to hydrolysis) is 1. The summed E-state index contributed by atoms with van der Waals surface area (Å²) in [5.74, 6) is 3.95. The van der Waals surface area contributed by atoms with Crippen molar-refractivity contribution < 1.29 is 18.8 Å². The number of benzene rings is 2. The molecule has 0 aliphatic carbocycles. The predicted molar refractivity (Wildman–Crippen MR) is 84.6 cm³/mol. The lowest BCUT2D eigenvalue weighted by Gasteiger charge is -2.04. The van der Waals surface area contributed by atoms with Gasteiger partial charge < -0.3 is 10.1 Å². The van der Waals surface area contributed by atoms with Crippen LogP contribution in [0.1, 0.15) is 11.1 Å². The van der Waals surface area contributed by atoms with Gasteiger partial charge in [0.2, 0.25) is 5.82 Å². The van der Waals surface area contributed by atoms with E-state index in [2.05, 4.69) is 17.2 Å². The Morgan fingerprint density at radius 3 is 2.67 bits per heavy atom. The summed E-state index contributed by atoms with van der Waals surface area (Å²) in [7, 11) is 0.